The average molecular weight is 804 g/mol. The number of furan rings is 2. The zero-order chi connectivity index (χ0) is 41.2. The van der Waals surface area contributed by atoms with E-state index in [1.165, 1.54) is 44.5 Å². The molecule has 3 heterocycles. The third kappa shape index (κ3) is 4.79. The zero-order valence-corrected chi connectivity index (χ0v) is 33.7. The highest BCUT2D eigenvalue weighted by molar-refractivity contribution is 6.16. The fraction of sp³-hybridized carbons (Fsp3) is 0.0172. The van der Waals surface area contributed by atoms with Crippen molar-refractivity contribution in [2.45, 2.75) is 5.41 Å². The Morgan fingerprint density at radius 2 is 0.841 bits per heavy atom. The third-order valence-electron chi connectivity index (χ3n) is 13.4. The molecular weight excluding hydrogens is 771 g/mol. The molecule has 0 saturated heterocycles. The smallest absolute Gasteiger partial charge is 0.164 e. The van der Waals surface area contributed by atoms with Gasteiger partial charge in [-0.3, -0.25) is 0 Å². The lowest BCUT2D eigenvalue weighted by Gasteiger charge is -2.31. The molecule has 63 heavy (non-hydrogen) atoms. The largest absolute Gasteiger partial charge is 0.456 e. The Morgan fingerprint density at radius 3 is 1.52 bits per heavy atom. The predicted octanol–water partition coefficient (Wildman–Crippen LogP) is 14.7. The fourth-order valence-electron chi connectivity index (χ4n) is 10.6. The van der Waals surface area contributed by atoms with Gasteiger partial charge in [-0.2, -0.15) is 0 Å². The Hall–Kier alpha value is -8.41. The van der Waals surface area contributed by atoms with E-state index in [1.54, 1.807) is 0 Å². The number of rotatable bonds is 4. The minimum atomic E-state index is -0.578. The monoisotopic (exact) mass is 803 g/mol. The van der Waals surface area contributed by atoms with Crippen LogP contribution in [0.15, 0.2) is 209 Å². The van der Waals surface area contributed by atoms with Gasteiger partial charge in [-0.15, -0.1) is 0 Å². The van der Waals surface area contributed by atoms with Crippen LogP contribution in [0.5, 0.6) is 0 Å². The van der Waals surface area contributed by atoms with Crippen LogP contribution >= 0.6 is 0 Å². The van der Waals surface area contributed by atoms with Gasteiger partial charge in [0, 0.05) is 38.2 Å². The van der Waals surface area contributed by atoms with Crippen LogP contribution in [0.1, 0.15) is 22.3 Å². The summed E-state index contributed by atoms with van der Waals surface area (Å²) in [6, 6.07) is 70.6. The van der Waals surface area contributed by atoms with Crippen molar-refractivity contribution in [1.29, 1.82) is 0 Å². The van der Waals surface area contributed by atoms with Crippen LogP contribution in [0.4, 0.5) is 0 Å². The van der Waals surface area contributed by atoms with Gasteiger partial charge >= 0.3 is 0 Å². The van der Waals surface area contributed by atoms with E-state index in [9.17, 15) is 0 Å². The van der Waals surface area contributed by atoms with Gasteiger partial charge in [0.2, 0.25) is 0 Å². The molecule has 0 bridgehead atoms. The highest BCUT2D eigenvalue weighted by Gasteiger charge is 2.53. The van der Waals surface area contributed by atoms with Crippen molar-refractivity contribution in [3.05, 3.63) is 222 Å². The first-order chi connectivity index (χ1) is 31.2. The maximum Gasteiger partial charge on any atom is 0.164 e. The molecule has 2 aliphatic carbocycles. The molecule has 0 fully saturated rings. The summed E-state index contributed by atoms with van der Waals surface area (Å²) in [7, 11) is 0. The summed E-state index contributed by atoms with van der Waals surface area (Å²) in [5.41, 5.74) is 17.9. The van der Waals surface area contributed by atoms with Gasteiger partial charge in [-0.1, -0.05) is 164 Å². The van der Waals surface area contributed by atoms with E-state index in [2.05, 4.69) is 133 Å². The number of hydrogen-bond donors (Lipinski definition) is 0. The first-order valence-electron chi connectivity index (χ1n) is 21.3. The number of para-hydroxylation sites is 1. The topological polar surface area (TPSA) is 65.0 Å². The molecule has 0 saturated carbocycles. The molecule has 3 aromatic heterocycles. The van der Waals surface area contributed by atoms with Crippen LogP contribution in [0.2, 0.25) is 0 Å². The molecule has 9 aromatic carbocycles. The number of nitrogens with zero attached hydrogens (tertiary/aromatic N) is 3. The fourth-order valence-corrected chi connectivity index (χ4v) is 10.6. The second-order valence-corrected chi connectivity index (χ2v) is 16.6. The lowest BCUT2D eigenvalue weighted by molar-refractivity contribution is 0.666. The predicted molar refractivity (Wildman–Crippen MR) is 252 cm³/mol. The van der Waals surface area contributed by atoms with E-state index in [0.29, 0.717) is 17.5 Å². The Labute approximate surface area is 361 Å². The second kappa shape index (κ2) is 12.8. The molecule has 5 heteroatoms. The summed E-state index contributed by atoms with van der Waals surface area (Å²) in [6.07, 6.45) is 0. The van der Waals surface area contributed by atoms with Crippen LogP contribution < -0.4 is 0 Å². The lowest BCUT2D eigenvalue weighted by Crippen LogP contribution is -2.26. The molecule has 14 rings (SSSR count). The quantitative estimate of drug-likeness (QED) is 0.177. The molecule has 5 nitrogen and oxygen atoms in total. The van der Waals surface area contributed by atoms with Crippen molar-refractivity contribution in [3.63, 3.8) is 0 Å². The summed E-state index contributed by atoms with van der Waals surface area (Å²) < 4.78 is 13.5. The SMILES string of the molecule is c1ccc(-c2nc(-c3ccccc3)nc(-c3ccc(-c4ccc5c(c4)oc4ccc6c(c45)C4(c5ccccc5-c5ccccc54)c4cc5oc7ccccc7c5cc4-6)cc3)n2)cc1. The third-order valence-corrected chi connectivity index (χ3v) is 13.4. The number of fused-ring (bicyclic) bond motifs is 17. The Balaban J connectivity index is 0.936. The van der Waals surface area contributed by atoms with Crippen molar-refractivity contribution >= 4 is 43.9 Å². The van der Waals surface area contributed by atoms with Gasteiger partial charge in [0.05, 0.1) is 5.41 Å². The van der Waals surface area contributed by atoms with E-state index < -0.39 is 5.41 Å². The molecule has 0 N–H and O–H groups in total. The van der Waals surface area contributed by atoms with Crippen LogP contribution in [-0.4, -0.2) is 15.0 Å². The zero-order valence-electron chi connectivity index (χ0n) is 33.7. The molecule has 1 spiro atoms. The summed E-state index contributed by atoms with van der Waals surface area (Å²) >= 11 is 0. The molecule has 0 atom stereocenters. The van der Waals surface area contributed by atoms with Gasteiger partial charge in [0.1, 0.15) is 22.3 Å². The molecule has 0 amide bonds. The Morgan fingerprint density at radius 1 is 0.302 bits per heavy atom. The molecule has 0 radical (unpaired) electrons. The van der Waals surface area contributed by atoms with E-state index in [1.807, 2.05) is 66.7 Å². The van der Waals surface area contributed by atoms with Crippen LogP contribution in [0.3, 0.4) is 0 Å². The van der Waals surface area contributed by atoms with Gasteiger partial charge in [0.15, 0.2) is 17.5 Å². The number of aromatic nitrogens is 3. The standard InChI is InChI=1S/C58H33N3O2/c1-3-13-35(14-4-1)55-59-56(36-15-5-2-6-16-36)61-57(60-55)37-25-23-34(24-26-37)38-27-28-43-51(31-38)63-50-30-29-42-44-32-45-41-19-9-12-22-49(41)62-52(45)33-48(44)58(54(42)53(43)50)46-20-10-7-17-39(46)40-18-8-11-21-47(40)58/h1-33H. The lowest BCUT2D eigenvalue weighted by atomic mass is 9.69. The Bertz CT molecular complexity index is 3740. The van der Waals surface area contributed by atoms with Gasteiger partial charge in [-0.05, 0) is 92.0 Å². The van der Waals surface area contributed by atoms with E-state index in [0.717, 1.165) is 71.7 Å². The van der Waals surface area contributed by atoms with Crippen molar-refractivity contribution in [3.8, 4) is 67.5 Å². The highest BCUT2D eigenvalue weighted by Crippen LogP contribution is 2.65. The van der Waals surface area contributed by atoms with Crippen molar-refractivity contribution < 1.29 is 8.83 Å². The van der Waals surface area contributed by atoms with Gasteiger partial charge < -0.3 is 8.83 Å². The van der Waals surface area contributed by atoms with Crippen LogP contribution in [0.25, 0.3) is 111 Å². The van der Waals surface area contributed by atoms with Gasteiger partial charge in [0.25, 0.3) is 0 Å². The Kier molecular flexibility index (Phi) is 6.97. The summed E-state index contributed by atoms with van der Waals surface area (Å²) in [4.78, 5) is 14.8. The van der Waals surface area contributed by atoms with E-state index in [-0.39, 0.29) is 0 Å². The minimum Gasteiger partial charge on any atom is -0.456 e. The molecule has 292 valence electrons. The van der Waals surface area contributed by atoms with Crippen LogP contribution in [0, 0.1) is 0 Å². The van der Waals surface area contributed by atoms with E-state index in [4.69, 9.17) is 23.8 Å². The second-order valence-electron chi connectivity index (χ2n) is 16.6. The molecule has 0 unspecified atom stereocenters. The van der Waals surface area contributed by atoms with Crippen LogP contribution in [-0.2, 0) is 5.41 Å². The normalized spacial score (nSPS) is 13.2. The minimum absolute atomic E-state index is 0.578. The molecule has 0 aliphatic heterocycles. The molecule has 12 aromatic rings. The summed E-state index contributed by atoms with van der Waals surface area (Å²) in [6.45, 7) is 0. The van der Waals surface area contributed by atoms with Crippen molar-refractivity contribution in [1.82, 2.24) is 15.0 Å². The van der Waals surface area contributed by atoms with Gasteiger partial charge in [-0.25, -0.2) is 15.0 Å². The number of hydrogen-bond acceptors (Lipinski definition) is 5. The highest BCUT2D eigenvalue weighted by atomic mass is 16.3. The summed E-state index contributed by atoms with van der Waals surface area (Å²) in [5, 5.41) is 4.50. The first kappa shape index (κ1) is 34.3. The first-order valence-corrected chi connectivity index (χ1v) is 21.3. The number of benzene rings is 9. The van der Waals surface area contributed by atoms with E-state index >= 15 is 0 Å². The van der Waals surface area contributed by atoms with Crippen molar-refractivity contribution in [2.75, 3.05) is 0 Å². The molecular formula is C58H33N3O2. The summed E-state index contributed by atoms with van der Waals surface area (Å²) in [5.74, 6) is 1.91. The maximum atomic E-state index is 6.90. The average Bonchev–Trinajstić information content (AvgIpc) is 4.08. The van der Waals surface area contributed by atoms with Crippen molar-refractivity contribution in [2.24, 2.45) is 0 Å². The maximum absolute atomic E-state index is 6.90. The molecule has 2 aliphatic rings.